The highest BCUT2D eigenvalue weighted by Crippen LogP contribution is 2.39. The summed E-state index contributed by atoms with van der Waals surface area (Å²) in [5.74, 6) is 1.96. The molecule has 3 atom stereocenters. The van der Waals surface area contributed by atoms with Crippen LogP contribution in [0.2, 0.25) is 0 Å². The van der Waals surface area contributed by atoms with Gasteiger partial charge in [0.25, 0.3) is 0 Å². The van der Waals surface area contributed by atoms with Gasteiger partial charge in [0.15, 0.2) is 0 Å². The summed E-state index contributed by atoms with van der Waals surface area (Å²) >= 11 is 1.89. The quantitative estimate of drug-likeness (QED) is 0.768. The predicted molar refractivity (Wildman–Crippen MR) is 88.2 cm³/mol. The fourth-order valence-corrected chi connectivity index (χ4v) is 5.18. The average molecular weight is 292 g/mol. The van der Waals surface area contributed by atoms with Crippen molar-refractivity contribution in [1.29, 1.82) is 0 Å². The monoisotopic (exact) mass is 291 g/mol. The van der Waals surface area contributed by atoms with Crippen LogP contribution in [0.3, 0.4) is 0 Å². The minimum absolute atomic E-state index is 0.532. The molecule has 2 fully saturated rings. The smallest absolute Gasteiger partial charge is 0.0388 e. The van der Waals surface area contributed by atoms with E-state index < -0.39 is 0 Å². The molecule has 1 N–H and O–H groups in total. The standard InChI is InChI=1S/C18H29NS/c1-14(18-12-7-13-20-18)19-17-11-6-5-10-16(17)15-8-3-2-4-9-15/h7,12-17,19H,2-6,8-11H2,1H3/t14-,16?,17?/m0/s1. The minimum Gasteiger partial charge on any atom is -0.306 e. The van der Waals surface area contributed by atoms with Gasteiger partial charge in [-0.05, 0) is 43.0 Å². The van der Waals surface area contributed by atoms with E-state index in [0.29, 0.717) is 6.04 Å². The van der Waals surface area contributed by atoms with E-state index in [9.17, 15) is 0 Å². The van der Waals surface area contributed by atoms with Crippen molar-refractivity contribution in [2.75, 3.05) is 0 Å². The van der Waals surface area contributed by atoms with Gasteiger partial charge in [-0.3, -0.25) is 0 Å². The number of thiophene rings is 1. The van der Waals surface area contributed by atoms with Crippen LogP contribution in [0.4, 0.5) is 0 Å². The Kier molecular flexibility index (Phi) is 5.17. The van der Waals surface area contributed by atoms with Crippen LogP contribution in [0.25, 0.3) is 0 Å². The lowest BCUT2D eigenvalue weighted by Gasteiger charge is -2.40. The fourth-order valence-electron chi connectivity index (χ4n) is 4.43. The van der Waals surface area contributed by atoms with Gasteiger partial charge in [0.1, 0.15) is 0 Å². The Balaban J connectivity index is 1.62. The maximum Gasteiger partial charge on any atom is 0.0388 e. The fraction of sp³-hybridized carbons (Fsp3) is 0.778. The van der Waals surface area contributed by atoms with Gasteiger partial charge in [0.05, 0.1) is 0 Å². The lowest BCUT2D eigenvalue weighted by molar-refractivity contribution is 0.143. The Morgan fingerprint density at radius 1 is 1.05 bits per heavy atom. The zero-order valence-electron chi connectivity index (χ0n) is 12.8. The molecule has 20 heavy (non-hydrogen) atoms. The van der Waals surface area contributed by atoms with E-state index in [2.05, 4.69) is 29.8 Å². The maximum atomic E-state index is 3.98. The van der Waals surface area contributed by atoms with Gasteiger partial charge in [-0.1, -0.05) is 51.0 Å². The molecule has 0 spiro atoms. The van der Waals surface area contributed by atoms with E-state index in [1.807, 2.05) is 11.3 Å². The molecule has 2 unspecified atom stereocenters. The summed E-state index contributed by atoms with van der Waals surface area (Å²) in [6.45, 7) is 2.35. The molecule has 0 aliphatic heterocycles. The van der Waals surface area contributed by atoms with Crippen molar-refractivity contribution in [1.82, 2.24) is 5.32 Å². The molecule has 0 bridgehead atoms. The minimum atomic E-state index is 0.532. The SMILES string of the molecule is C[C@H](NC1CCCCC1C1CCCCC1)c1cccs1. The molecule has 0 saturated heterocycles. The zero-order chi connectivity index (χ0) is 13.8. The van der Waals surface area contributed by atoms with Crippen LogP contribution in [-0.4, -0.2) is 6.04 Å². The van der Waals surface area contributed by atoms with E-state index in [1.54, 1.807) is 0 Å². The van der Waals surface area contributed by atoms with Gasteiger partial charge in [-0.25, -0.2) is 0 Å². The second-order valence-corrected chi connectivity index (χ2v) is 7.84. The number of nitrogens with one attached hydrogen (secondary N) is 1. The van der Waals surface area contributed by atoms with Gasteiger partial charge >= 0.3 is 0 Å². The number of rotatable bonds is 4. The summed E-state index contributed by atoms with van der Waals surface area (Å²) in [5, 5.41) is 6.18. The van der Waals surface area contributed by atoms with Gasteiger partial charge in [0, 0.05) is 17.0 Å². The molecule has 0 amide bonds. The molecule has 0 aromatic carbocycles. The van der Waals surface area contributed by atoms with Crippen molar-refractivity contribution >= 4 is 11.3 Å². The largest absolute Gasteiger partial charge is 0.306 e. The van der Waals surface area contributed by atoms with Crippen LogP contribution in [0.15, 0.2) is 17.5 Å². The molecule has 1 heterocycles. The Bertz CT molecular complexity index is 380. The molecule has 112 valence electrons. The Morgan fingerprint density at radius 2 is 1.80 bits per heavy atom. The summed E-state index contributed by atoms with van der Waals surface area (Å²) in [6.07, 6.45) is 13.2. The Labute approximate surface area is 128 Å². The van der Waals surface area contributed by atoms with Crippen LogP contribution in [0.1, 0.15) is 75.6 Å². The molecule has 0 radical (unpaired) electrons. The maximum absolute atomic E-state index is 3.98. The summed E-state index contributed by atoms with van der Waals surface area (Å²) in [5.41, 5.74) is 0. The predicted octanol–water partition coefficient (Wildman–Crippen LogP) is 5.54. The van der Waals surface area contributed by atoms with E-state index in [4.69, 9.17) is 0 Å². The van der Waals surface area contributed by atoms with E-state index in [-0.39, 0.29) is 0 Å². The average Bonchev–Trinajstić information content (AvgIpc) is 3.03. The van der Waals surface area contributed by atoms with E-state index in [1.165, 1.54) is 62.7 Å². The Hall–Kier alpha value is -0.340. The van der Waals surface area contributed by atoms with Crippen LogP contribution in [-0.2, 0) is 0 Å². The van der Waals surface area contributed by atoms with Gasteiger partial charge in [-0.15, -0.1) is 11.3 Å². The summed E-state index contributed by atoms with van der Waals surface area (Å²) in [4.78, 5) is 1.50. The molecule has 1 aromatic rings. The first-order chi connectivity index (χ1) is 9.84. The Morgan fingerprint density at radius 3 is 2.55 bits per heavy atom. The van der Waals surface area contributed by atoms with Gasteiger partial charge in [-0.2, -0.15) is 0 Å². The first kappa shape index (κ1) is 14.6. The molecule has 2 aliphatic carbocycles. The molecular weight excluding hydrogens is 262 g/mol. The normalized spacial score (nSPS) is 30.2. The van der Waals surface area contributed by atoms with Gasteiger partial charge in [0.2, 0.25) is 0 Å². The lowest BCUT2D eigenvalue weighted by atomic mass is 9.71. The molecule has 3 rings (SSSR count). The lowest BCUT2D eigenvalue weighted by Crippen LogP contribution is -2.43. The number of hydrogen-bond donors (Lipinski definition) is 1. The van der Waals surface area contributed by atoms with Crippen molar-refractivity contribution in [2.24, 2.45) is 11.8 Å². The highest BCUT2D eigenvalue weighted by Gasteiger charge is 2.33. The van der Waals surface area contributed by atoms with Crippen molar-refractivity contribution in [2.45, 2.75) is 76.8 Å². The molecule has 2 aliphatic rings. The third-order valence-corrected chi connectivity index (χ3v) is 6.56. The van der Waals surface area contributed by atoms with Crippen LogP contribution in [0.5, 0.6) is 0 Å². The molecule has 2 saturated carbocycles. The molecule has 1 aromatic heterocycles. The van der Waals surface area contributed by atoms with Crippen LogP contribution >= 0.6 is 11.3 Å². The van der Waals surface area contributed by atoms with Crippen LogP contribution < -0.4 is 5.32 Å². The van der Waals surface area contributed by atoms with Crippen molar-refractivity contribution in [3.8, 4) is 0 Å². The first-order valence-electron chi connectivity index (χ1n) is 8.64. The molecular formula is C18H29NS. The third-order valence-electron chi connectivity index (χ3n) is 5.51. The van der Waals surface area contributed by atoms with Crippen molar-refractivity contribution < 1.29 is 0 Å². The summed E-state index contributed by atoms with van der Waals surface area (Å²) in [7, 11) is 0. The summed E-state index contributed by atoms with van der Waals surface area (Å²) < 4.78 is 0. The van der Waals surface area contributed by atoms with Crippen molar-refractivity contribution in [3.63, 3.8) is 0 Å². The zero-order valence-corrected chi connectivity index (χ0v) is 13.6. The van der Waals surface area contributed by atoms with E-state index in [0.717, 1.165) is 17.9 Å². The number of hydrogen-bond acceptors (Lipinski definition) is 2. The van der Waals surface area contributed by atoms with Gasteiger partial charge < -0.3 is 5.32 Å². The first-order valence-corrected chi connectivity index (χ1v) is 9.52. The second kappa shape index (κ2) is 7.09. The third kappa shape index (κ3) is 3.46. The highest BCUT2D eigenvalue weighted by molar-refractivity contribution is 7.10. The highest BCUT2D eigenvalue weighted by atomic mass is 32.1. The van der Waals surface area contributed by atoms with Crippen molar-refractivity contribution in [3.05, 3.63) is 22.4 Å². The molecule has 1 nitrogen and oxygen atoms in total. The topological polar surface area (TPSA) is 12.0 Å². The summed E-state index contributed by atoms with van der Waals surface area (Å²) in [6, 6.07) is 5.76. The second-order valence-electron chi connectivity index (χ2n) is 6.86. The van der Waals surface area contributed by atoms with E-state index >= 15 is 0 Å². The van der Waals surface area contributed by atoms with Crippen LogP contribution in [0, 0.1) is 11.8 Å². The molecule has 2 heteroatoms.